The Morgan fingerprint density at radius 3 is 2.50 bits per heavy atom. The Morgan fingerprint density at radius 2 is 1.75 bits per heavy atom. The molecule has 1 fully saturated rings. The molecule has 1 N–H and O–H groups in total. The van der Waals surface area contributed by atoms with Gasteiger partial charge in [0.2, 0.25) is 0 Å². The zero-order valence-electron chi connectivity index (χ0n) is 11.4. The zero-order valence-corrected chi connectivity index (χ0v) is 13.6. The molecule has 104 valence electrons. The van der Waals surface area contributed by atoms with Crippen molar-refractivity contribution in [2.45, 2.75) is 12.5 Å². The summed E-state index contributed by atoms with van der Waals surface area (Å²) in [5.41, 5.74) is 2.71. The lowest BCUT2D eigenvalue weighted by Crippen LogP contribution is -2.31. The van der Waals surface area contributed by atoms with Crippen LogP contribution in [0.25, 0.3) is 0 Å². The first-order valence-electron chi connectivity index (χ1n) is 7.12. The van der Waals surface area contributed by atoms with Crippen LogP contribution in [0.3, 0.4) is 0 Å². The SMILES string of the molecule is Ic1ccc(N2CCCNC(c3ccccc3)C2)cc1. The fourth-order valence-electron chi connectivity index (χ4n) is 2.72. The van der Waals surface area contributed by atoms with Gasteiger partial charge in [-0.05, 0) is 65.4 Å². The van der Waals surface area contributed by atoms with E-state index in [0.29, 0.717) is 6.04 Å². The topological polar surface area (TPSA) is 15.3 Å². The third-order valence-electron chi connectivity index (χ3n) is 3.79. The smallest absolute Gasteiger partial charge is 0.0498 e. The molecule has 0 saturated carbocycles. The molecular weight excluding hydrogens is 359 g/mol. The van der Waals surface area contributed by atoms with Crippen LogP contribution in [0, 0.1) is 3.57 Å². The van der Waals surface area contributed by atoms with Crippen molar-refractivity contribution in [2.24, 2.45) is 0 Å². The van der Waals surface area contributed by atoms with Gasteiger partial charge in [-0.25, -0.2) is 0 Å². The van der Waals surface area contributed by atoms with Crippen molar-refractivity contribution in [3.63, 3.8) is 0 Å². The highest BCUT2D eigenvalue weighted by Gasteiger charge is 2.19. The minimum atomic E-state index is 0.415. The van der Waals surface area contributed by atoms with E-state index in [1.165, 1.54) is 21.2 Å². The van der Waals surface area contributed by atoms with Crippen molar-refractivity contribution in [1.82, 2.24) is 5.32 Å². The molecule has 2 nitrogen and oxygen atoms in total. The lowest BCUT2D eigenvalue weighted by molar-refractivity contribution is 0.570. The van der Waals surface area contributed by atoms with Crippen molar-refractivity contribution in [2.75, 3.05) is 24.5 Å². The summed E-state index contributed by atoms with van der Waals surface area (Å²) in [6, 6.07) is 20.0. The van der Waals surface area contributed by atoms with Gasteiger partial charge in [0.05, 0.1) is 0 Å². The van der Waals surface area contributed by atoms with Crippen LogP contribution in [-0.2, 0) is 0 Å². The normalized spacial score (nSPS) is 19.6. The molecule has 1 aliphatic heterocycles. The fraction of sp³-hybridized carbons (Fsp3) is 0.294. The first-order chi connectivity index (χ1) is 9.83. The second-order valence-electron chi connectivity index (χ2n) is 5.19. The number of nitrogens with one attached hydrogen (secondary N) is 1. The van der Waals surface area contributed by atoms with Crippen molar-refractivity contribution < 1.29 is 0 Å². The van der Waals surface area contributed by atoms with Gasteiger partial charge in [-0.3, -0.25) is 0 Å². The number of rotatable bonds is 2. The molecule has 1 unspecified atom stereocenters. The molecular formula is C17H19IN2. The summed E-state index contributed by atoms with van der Waals surface area (Å²) in [6.45, 7) is 3.24. The van der Waals surface area contributed by atoms with E-state index in [1.807, 2.05) is 0 Å². The van der Waals surface area contributed by atoms with Crippen LogP contribution in [0.1, 0.15) is 18.0 Å². The Bertz CT molecular complexity index is 539. The predicted molar refractivity (Wildman–Crippen MR) is 93.2 cm³/mol. The molecule has 0 radical (unpaired) electrons. The van der Waals surface area contributed by atoms with E-state index in [9.17, 15) is 0 Å². The van der Waals surface area contributed by atoms with Gasteiger partial charge >= 0.3 is 0 Å². The second kappa shape index (κ2) is 6.59. The molecule has 1 heterocycles. The Morgan fingerprint density at radius 1 is 1.00 bits per heavy atom. The monoisotopic (exact) mass is 378 g/mol. The second-order valence-corrected chi connectivity index (χ2v) is 6.44. The van der Waals surface area contributed by atoms with E-state index in [4.69, 9.17) is 0 Å². The molecule has 1 atom stereocenters. The summed E-state index contributed by atoms with van der Waals surface area (Å²) in [4.78, 5) is 2.49. The van der Waals surface area contributed by atoms with Crippen LogP contribution in [-0.4, -0.2) is 19.6 Å². The van der Waals surface area contributed by atoms with Crippen molar-refractivity contribution in [1.29, 1.82) is 0 Å². The van der Waals surface area contributed by atoms with Crippen LogP contribution < -0.4 is 10.2 Å². The number of benzene rings is 2. The maximum absolute atomic E-state index is 3.67. The molecule has 0 bridgehead atoms. The van der Waals surface area contributed by atoms with Gasteiger partial charge in [0.25, 0.3) is 0 Å². The Kier molecular flexibility index (Phi) is 4.58. The Labute approximate surface area is 134 Å². The third-order valence-corrected chi connectivity index (χ3v) is 4.51. The summed E-state index contributed by atoms with van der Waals surface area (Å²) in [5, 5.41) is 3.67. The maximum atomic E-state index is 3.67. The van der Waals surface area contributed by atoms with Crippen LogP contribution in [0.5, 0.6) is 0 Å². The minimum absolute atomic E-state index is 0.415. The van der Waals surface area contributed by atoms with Gasteiger partial charge in [0.1, 0.15) is 0 Å². The Hall–Kier alpha value is -1.07. The first-order valence-corrected chi connectivity index (χ1v) is 8.19. The molecule has 0 aliphatic carbocycles. The van der Waals surface area contributed by atoms with E-state index in [2.05, 4.69) is 87.4 Å². The quantitative estimate of drug-likeness (QED) is 0.800. The van der Waals surface area contributed by atoms with E-state index >= 15 is 0 Å². The lowest BCUT2D eigenvalue weighted by atomic mass is 10.1. The molecule has 2 aromatic carbocycles. The van der Waals surface area contributed by atoms with Crippen LogP contribution in [0.15, 0.2) is 54.6 Å². The van der Waals surface area contributed by atoms with Crippen molar-refractivity contribution in [3.05, 3.63) is 63.7 Å². The van der Waals surface area contributed by atoms with Gasteiger partial charge in [0.15, 0.2) is 0 Å². The Balaban J connectivity index is 1.80. The van der Waals surface area contributed by atoms with Crippen LogP contribution >= 0.6 is 22.6 Å². The summed E-state index contributed by atoms with van der Waals surface area (Å²) in [7, 11) is 0. The van der Waals surface area contributed by atoms with Gasteiger partial charge < -0.3 is 10.2 Å². The summed E-state index contributed by atoms with van der Waals surface area (Å²) >= 11 is 2.36. The standard InChI is InChI=1S/C17H19IN2/c18-15-7-9-16(10-8-15)20-12-4-11-19-17(13-20)14-5-2-1-3-6-14/h1-3,5-10,17,19H,4,11-13H2. The highest BCUT2D eigenvalue weighted by Crippen LogP contribution is 2.23. The van der Waals surface area contributed by atoms with E-state index < -0.39 is 0 Å². The molecule has 0 aromatic heterocycles. The molecule has 1 saturated heterocycles. The van der Waals surface area contributed by atoms with Gasteiger partial charge in [-0.15, -0.1) is 0 Å². The summed E-state index contributed by atoms with van der Waals surface area (Å²) < 4.78 is 1.29. The predicted octanol–water partition coefficient (Wildman–Crippen LogP) is 3.83. The molecule has 3 heteroatoms. The molecule has 1 aliphatic rings. The number of anilines is 1. The molecule has 20 heavy (non-hydrogen) atoms. The summed E-state index contributed by atoms with van der Waals surface area (Å²) in [5.74, 6) is 0. The molecule has 3 rings (SSSR count). The third kappa shape index (κ3) is 3.33. The number of hydrogen-bond acceptors (Lipinski definition) is 2. The highest BCUT2D eigenvalue weighted by molar-refractivity contribution is 14.1. The largest absolute Gasteiger partial charge is 0.370 e. The average molecular weight is 378 g/mol. The van der Waals surface area contributed by atoms with Gasteiger partial charge in [0, 0.05) is 28.4 Å². The number of nitrogens with zero attached hydrogens (tertiary/aromatic N) is 1. The number of hydrogen-bond donors (Lipinski definition) is 1. The van der Waals surface area contributed by atoms with Gasteiger partial charge in [-0.1, -0.05) is 30.3 Å². The zero-order chi connectivity index (χ0) is 13.8. The van der Waals surface area contributed by atoms with Crippen LogP contribution in [0.2, 0.25) is 0 Å². The van der Waals surface area contributed by atoms with Crippen molar-refractivity contribution >= 4 is 28.3 Å². The average Bonchev–Trinajstić information content (AvgIpc) is 2.75. The number of halogens is 1. The minimum Gasteiger partial charge on any atom is -0.370 e. The van der Waals surface area contributed by atoms with E-state index in [0.717, 1.165) is 19.6 Å². The molecule has 0 spiro atoms. The lowest BCUT2D eigenvalue weighted by Gasteiger charge is -2.26. The molecule has 2 aromatic rings. The first kappa shape index (κ1) is 13.9. The van der Waals surface area contributed by atoms with Crippen molar-refractivity contribution in [3.8, 4) is 0 Å². The molecule has 0 amide bonds. The maximum Gasteiger partial charge on any atom is 0.0498 e. The van der Waals surface area contributed by atoms with Gasteiger partial charge in [-0.2, -0.15) is 0 Å². The fourth-order valence-corrected chi connectivity index (χ4v) is 3.08. The summed E-state index contributed by atoms with van der Waals surface area (Å²) in [6.07, 6.45) is 1.19. The highest BCUT2D eigenvalue weighted by atomic mass is 127. The van der Waals surface area contributed by atoms with Crippen LogP contribution in [0.4, 0.5) is 5.69 Å². The van der Waals surface area contributed by atoms with E-state index in [1.54, 1.807) is 0 Å². The van der Waals surface area contributed by atoms with E-state index in [-0.39, 0.29) is 0 Å².